The Kier molecular flexibility index (Phi) is 6.27. The largest absolute Gasteiger partial charge is 0.361 e. The van der Waals surface area contributed by atoms with Crippen LogP contribution in [0.15, 0.2) is 35.6 Å². The van der Waals surface area contributed by atoms with Crippen molar-refractivity contribution in [2.75, 3.05) is 0 Å². The number of fused-ring (bicyclic) bond motifs is 1. The molecule has 1 aromatic heterocycles. The van der Waals surface area contributed by atoms with E-state index in [4.69, 9.17) is 16.4 Å². The highest BCUT2D eigenvalue weighted by Crippen LogP contribution is 2.15. The number of nitriles is 2. The van der Waals surface area contributed by atoms with Crippen molar-refractivity contribution in [2.45, 2.75) is 0 Å². The van der Waals surface area contributed by atoms with E-state index in [1.54, 1.807) is 6.21 Å². The van der Waals surface area contributed by atoms with E-state index in [9.17, 15) is 0 Å². The molecule has 0 amide bonds. The van der Waals surface area contributed by atoms with E-state index in [0.29, 0.717) is 0 Å². The van der Waals surface area contributed by atoms with Crippen LogP contribution in [0.25, 0.3) is 10.9 Å². The Hall–Kier alpha value is -2.79. The van der Waals surface area contributed by atoms with Gasteiger partial charge in [-0.1, -0.05) is 12.1 Å². The number of hydrazone groups is 1. The number of nitrogens with two attached hydrogens (primary N) is 1. The molecule has 1 aromatic carbocycles. The minimum atomic E-state index is 1.04. The smallest absolute Gasteiger partial charge is 0.0544 e. The number of aromatic nitrogens is 1. The summed E-state index contributed by atoms with van der Waals surface area (Å²) in [6.45, 7) is 7.00. The number of benzene rings is 1. The molecule has 0 spiro atoms. The molecule has 2 rings (SSSR count). The molecule has 0 aliphatic heterocycles. The van der Waals surface area contributed by atoms with Gasteiger partial charge < -0.3 is 10.8 Å². The van der Waals surface area contributed by atoms with Gasteiger partial charge in [-0.2, -0.15) is 5.10 Å². The molecule has 0 aliphatic rings. The Morgan fingerprint density at radius 3 is 2.50 bits per heavy atom. The van der Waals surface area contributed by atoms with Crippen LogP contribution < -0.4 is 5.84 Å². The second kappa shape index (κ2) is 7.60. The van der Waals surface area contributed by atoms with Gasteiger partial charge in [0.1, 0.15) is 0 Å². The van der Waals surface area contributed by atoms with Crippen molar-refractivity contribution in [1.29, 1.82) is 10.5 Å². The van der Waals surface area contributed by atoms with Crippen LogP contribution >= 0.6 is 0 Å². The van der Waals surface area contributed by atoms with Gasteiger partial charge in [-0.05, 0) is 12.1 Å². The van der Waals surface area contributed by atoms with Gasteiger partial charge in [0, 0.05) is 35.8 Å². The number of nitrogens with zero attached hydrogens (tertiary/aromatic N) is 3. The molecular weight excluding hydrogens is 202 g/mol. The maximum Gasteiger partial charge on any atom is 0.0544 e. The molecule has 2 aromatic rings. The third-order valence-corrected chi connectivity index (χ3v) is 1.84. The molecule has 0 unspecified atom stereocenters. The van der Waals surface area contributed by atoms with Crippen molar-refractivity contribution in [1.82, 2.24) is 4.98 Å². The standard InChI is InChI=1S/C9H9N3.2CHN/c10-12-6-7-2-1-3-9-8(7)4-5-11-9;2*1-2/h1-6,11H,10H2;2*1H. The van der Waals surface area contributed by atoms with Gasteiger partial charge in [0.2, 0.25) is 0 Å². The van der Waals surface area contributed by atoms with Crippen LogP contribution in [-0.2, 0) is 0 Å². The summed E-state index contributed by atoms with van der Waals surface area (Å²) in [6, 6.07) is 7.97. The Morgan fingerprint density at radius 1 is 1.19 bits per heavy atom. The van der Waals surface area contributed by atoms with E-state index in [0.717, 1.165) is 16.5 Å². The highest BCUT2D eigenvalue weighted by atomic mass is 15.1. The molecule has 0 fully saturated rings. The minimum Gasteiger partial charge on any atom is -0.361 e. The van der Waals surface area contributed by atoms with E-state index < -0.39 is 0 Å². The molecule has 0 saturated carbocycles. The highest BCUT2D eigenvalue weighted by Gasteiger charge is 1.97. The zero-order chi connectivity index (χ0) is 12.4. The topological polar surface area (TPSA) is 102 Å². The van der Waals surface area contributed by atoms with Crippen LogP contribution in [0.3, 0.4) is 0 Å². The van der Waals surface area contributed by atoms with Gasteiger partial charge in [0.25, 0.3) is 0 Å². The van der Waals surface area contributed by atoms with Gasteiger partial charge >= 0.3 is 0 Å². The van der Waals surface area contributed by atoms with Crippen LogP contribution in [0.5, 0.6) is 0 Å². The third-order valence-electron chi connectivity index (χ3n) is 1.84. The van der Waals surface area contributed by atoms with Crippen LogP contribution in [0.2, 0.25) is 0 Å². The number of hydrogen-bond donors (Lipinski definition) is 2. The number of rotatable bonds is 1. The van der Waals surface area contributed by atoms with Gasteiger partial charge in [0.05, 0.1) is 6.21 Å². The van der Waals surface area contributed by atoms with Crippen molar-refractivity contribution >= 4 is 17.1 Å². The minimum absolute atomic E-state index is 1.04. The van der Waals surface area contributed by atoms with Crippen molar-refractivity contribution in [3.63, 3.8) is 0 Å². The average molecular weight is 213 g/mol. The maximum atomic E-state index is 6.50. The first-order valence-corrected chi connectivity index (χ1v) is 4.23. The van der Waals surface area contributed by atoms with Gasteiger partial charge in [-0.25, -0.2) is 10.5 Å². The summed E-state index contributed by atoms with van der Waals surface area (Å²) in [4.78, 5) is 3.12. The van der Waals surface area contributed by atoms with Crippen LogP contribution in [-0.4, -0.2) is 11.2 Å². The summed E-state index contributed by atoms with van der Waals surface area (Å²) >= 11 is 0. The van der Waals surface area contributed by atoms with Crippen LogP contribution in [0, 0.1) is 23.7 Å². The third kappa shape index (κ3) is 2.86. The summed E-state index contributed by atoms with van der Waals surface area (Å²) in [5.41, 5.74) is 2.14. The number of hydrogen-bond acceptors (Lipinski definition) is 4. The maximum absolute atomic E-state index is 6.50. The Bertz CT molecular complexity index is 486. The monoisotopic (exact) mass is 213 g/mol. The summed E-state index contributed by atoms with van der Waals surface area (Å²) in [5, 5.41) is 17.6. The van der Waals surface area contributed by atoms with Gasteiger partial charge in [0.15, 0.2) is 0 Å². The fourth-order valence-corrected chi connectivity index (χ4v) is 1.30. The molecular formula is C11H11N5. The van der Waals surface area contributed by atoms with Crippen molar-refractivity contribution in [2.24, 2.45) is 10.9 Å². The molecule has 1 heterocycles. The average Bonchev–Trinajstić information content (AvgIpc) is 2.84. The molecule has 0 bridgehead atoms. The SMILES string of the molecule is C#N.C#N.NN=Cc1cccc2[nH]ccc12. The normalized spacial score (nSPS) is 8.75. The summed E-state index contributed by atoms with van der Waals surface area (Å²) in [5.74, 6) is 5.08. The second-order valence-corrected chi connectivity index (χ2v) is 2.56. The fourth-order valence-electron chi connectivity index (χ4n) is 1.30. The lowest BCUT2D eigenvalue weighted by molar-refractivity contribution is 1.26. The molecule has 0 aliphatic carbocycles. The molecule has 16 heavy (non-hydrogen) atoms. The molecule has 5 heteroatoms. The molecule has 3 N–H and O–H groups in total. The summed E-state index contributed by atoms with van der Waals surface area (Å²) in [6.07, 6.45) is 3.55. The Balaban J connectivity index is 0.000000509. The van der Waals surface area contributed by atoms with Crippen LogP contribution in [0.1, 0.15) is 5.56 Å². The number of aromatic amines is 1. The lowest BCUT2D eigenvalue weighted by Crippen LogP contribution is -1.86. The van der Waals surface area contributed by atoms with Gasteiger partial charge in [-0.3, -0.25) is 0 Å². The zero-order valence-electron chi connectivity index (χ0n) is 8.54. The summed E-state index contributed by atoms with van der Waals surface area (Å²) in [7, 11) is 0. The quantitative estimate of drug-likeness (QED) is 0.428. The first-order valence-electron chi connectivity index (χ1n) is 4.23. The molecule has 80 valence electrons. The molecule has 0 radical (unpaired) electrons. The number of H-pyrrole nitrogens is 1. The van der Waals surface area contributed by atoms with E-state index in [-0.39, 0.29) is 0 Å². The predicted molar refractivity (Wildman–Crippen MR) is 63.4 cm³/mol. The Morgan fingerprint density at radius 2 is 1.88 bits per heavy atom. The first-order chi connectivity index (χ1) is 7.92. The van der Waals surface area contributed by atoms with Crippen molar-refractivity contribution in [3.8, 4) is 13.1 Å². The van der Waals surface area contributed by atoms with Gasteiger partial charge in [-0.15, -0.1) is 0 Å². The van der Waals surface area contributed by atoms with Crippen LogP contribution in [0.4, 0.5) is 0 Å². The van der Waals surface area contributed by atoms with E-state index in [1.807, 2.05) is 30.5 Å². The Labute approximate surface area is 93.4 Å². The van der Waals surface area contributed by atoms with E-state index in [2.05, 4.69) is 23.2 Å². The lowest BCUT2D eigenvalue weighted by atomic mass is 10.1. The fraction of sp³-hybridized carbons (Fsp3) is 0. The second-order valence-electron chi connectivity index (χ2n) is 2.56. The van der Waals surface area contributed by atoms with E-state index >= 15 is 0 Å². The number of nitrogens with one attached hydrogen (secondary N) is 1. The molecule has 0 saturated heterocycles. The lowest BCUT2D eigenvalue weighted by Gasteiger charge is -1.93. The zero-order valence-corrected chi connectivity index (χ0v) is 8.54. The van der Waals surface area contributed by atoms with Crippen molar-refractivity contribution in [3.05, 3.63) is 36.0 Å². The highest BCUT2D eigenvalue weighted by molar-refractivity contribution is 5.98. The predicted octanol–water partition coefficient (Wildman–Crippen LogP) is 1.74. The van der Waals surface area contributed by atoms with E-state index in [1.165, 1.54) is 0 Å². The molecule has 5 nitrogen and oxygen atoms in total. The first kappa shape index (κ1) is 13.2. The molecule has 0 atom stereocenters. The summed E-state index contributed by atoms with van der Waals surface area (Å²) < 4.78 is 0. The van der Waals surface area contributed by atoms with Crippen molar-refractivity contribution < 1.29 is 0 Å².